The second-order valence-corrected chi connectivity index (χ2v) is 13.5. The summed E-state index contributed by atoms with van der Waals surface area (Å²) in [6.45, 7) is 18.1. The van der Waals surface area contributed by atoms with Gasteiger partial charge < -0.3 is 19.6 Å². The molecular formula is C26H42N2O5S. The lowest BCUT2D eigenvalue weighted by molar-refractivity contribution is -0.155. The van der Waals surface area contributed by atoms with Crippen LogP contribution in [0.2, 0.25) is 0 Å². The van der Waals surface area contributed by atoms with Gasteiger partial charge in [0.2, 0.25) is 11.8 Å². The number of aliphatic hydroxyl groups excluding tert-OH is 1. The average Bonchev–Trinajstić information content (AvgIpc) is 3.30. The van der Waals surface area contributed by atoms with Crippen molar-refractivity contribution in [1.29, 1.82) is 0 Å². The number of esters is 1. The third-order valence-electron chi connectivity index (χ3n) is 7.72. The van der Waals surface area contributed by atoms with Crippen molar-refractivity contribution in [2.45, 2.75) is 94.8 Å². The lowest BCUT2D eigenvalue weighted by Crippen LogP contribution is -2.60. The minimum atomic E-state index is -0.744. The Morgan fingerprint density at radius 1 is 1.35 bits per heavy atom. The van der Waals surface area contributed by atoms with Gasteiger partial charge >= 0.3 is 5.97 Å². The second-order valence-electron chi connectivity index (χ2n) is 11.6. The molecule has 7 nitrogen and oxygen atoms in total. The Bertz CT molecular complexity index is 840. The number of likely N-dealkylation sites (tertiary alicyclic amines) is 1. The highest BCUT2D eigenvalue weighted by Crippen LogP contribution is 2.72. The maximum atomic E-state index is 14.3. The van der Waals surface area contributed by atoms with Crippen molar-refractivity contribution < 1.29 is 24.2 Å². The molecule has 34 heavy (non-hydrogen) atoms. The quantitative estimate of drug-likeness (QED) is 0.391. The molecule has 3 rings (SSSR count). The van der Waals surface area contributed by atoms with Crippen LogP contribution in [0.25, 0.3) is 0 Å². The van der Waals surface area contributed by atoms with Crippen molar-refractivity contribution in [2.24, 2.45) is 17.8 Å². The van der Waals surface area contributed by atoms with E-state index >= 15 is 0 Å². The van der Waals surface area contributed by atoms with E-state index in [1.165, 1.54) is 0 Å². The minimum Gasteiger partial charge on any atom is -0.466 e. The third-order valence-corrected chi connectivity index (χ3v) is 9.71. The van der Waals surface area contributed by atoms with E-state index in [1.807, 2.05) is 41.5 Å². The molecular weight excluding hydrogens is 452 g/mol. The fourth-order valence-electron chi connectivity index (χ4n) is 6.42. The molecule has 3 aliphatic heterocycles. The van der Waals surface area contributed by atoms with Crippen molar-refractivity contribution in [1.82, 2.24) is 9.80 Å². The standard InChI is InChI=1S/C26H42N2O5S/c1-9-13-27(24(5,6)7)22(31)20-26-12-11-25(8,34-26)19(23(32)33-10-2)18(26)21(30)28(20)17(15-29)14-16(3)4/h9,16-20,29H,1,10-15H2,2-8H3/t17-,18+,19+,20?,25-,26?/m1/s1. The molecule has 1 N–H and O–H groups in total. The first-order valence-corrected chi connectivity index (χ1v) is 13.3. The molecule has 6 atom stereocenters. The highest BCUT2D eigenvalue weighted by atomic mass is 32.2. The number of nitrogens with zero attached hydrogens (tertiary/aromatic N) is 2. The predicted molar refractivity (Wildman–Crippen MR) is 134 cm³/mol. The number of aliphatic hydroxyl groups is 1. The van der Waals surface area contributed by atoms with Gasteiger partial charge in [-0.1, -0.05) is 19.9 Å². The van der Waals surface area contributed by atoms with Crippen LogP contribution < -0.4 is 0 Å². The van der Waals surface area contributed by atoms with Crippen molar-refractivity contribution >= 4 is 29.5 Å². The van der Waals surface area contributed by atoms with Gasteiger partial charge in [-0.2, -0.15) is 0 Å². The van der Waals surface area contributed by atoms with E-state index in [1.54, 1.807) is 34.6 Å². The SMILES string of the molecule is C=CCN(C(=O)C1N([C@@H](CO)CC(C)C)C(=O)[C@@H]2[C@@H](C(=O)OCC)[C@@]3(C)CCC12S3)C(C)(C)C. The molecule has 0 saturated carbocycles. The lowest BCUT2D eigenvalue weighted by atomic mass is 9.66. The smallest absolute Gasteiger partial charge is 0.311 e. The Morgan fingerprint density at radius 2 is 2.00 bits per heavy atom. The monoisotopic (exact) mass is 494 g/mol. The van der Waals surface area contributed by atoms with Crippen LogP contribution in [0, 0.1) is 17.8 Å². The normalized spacial score (nSPS) is 33.3. The van der Waals surface area contributed by atoms with Crippen LogP contribution in [0.1, 0.15) is 67.7 Å². The number of thioether (sulfide) groups is 1. The Morgan fingerprint density at radius 3 is 2.50 bits per heavy atom. The van der Waals surface area contributed by atoms with Gasteiger partial charge in [0.15, 0.2) is 0 Å². The maximum absolute atomic E-state index is 14.3. The lowest BCUT2D eigenvalue weighted by Gasteiger charge is -2.43. The van der Waals surface area contributed by atoms with Crippen molar-refractivity contribution in [3.05, 3.63) is 12.7 Å². The highest BCUT2D eigenvalue weighted by Gasteiger charge is 2.78. The molecule has 0 aromatic carbocycles. The van der Waals surface area contributed by atoms with Crippen LogP contribution >= 0.6 is 11.8 Å². The first-order valence-electron chi connectivity index (χ1n) is 12.5. The first kappa shape index (κ1) is 27.1. The molecule has 3 saturated heterocycles. The summed E-state index contributed by atoms with van der Waals surface area (Å²) < 4.78 is 4.28. The van der Waals surface area contributed by atoms with Crippen molar-refractivity contribution in [3.63, 3.8) is 0 Å². The molecule has 3 fully saturated rings. The van der Waals surface area contributed by atoms with Crippen molar-refractivity contribution in [2.75, 3.05) is 19.8 Å². The molecule has 2 amide bonds. The second kappa shape index (κ2) is 9.49. The zero-order valence-corrected chi connectivity index (χ0v) is 22.6. The largest absolute Gasteiger partial charge is 0.466 e. The molecule has 3 aliphatic rings. The molecule has 0 aromatic heterocycles. The number of ether oxygens (including phenoxy) is 1. The van der Waals surface area contributed by atoms with Crippen LogP contribution in [0.4, 0.5) is 0 Å². The van der Waals surface area contributed by atoms with Gasteiger partial charge in [-0.05, 0) is 59.8 Å². The van der Waals surface area contributed by atoms with Crippen LogP contribution in [0.3, 0.4) is 0 Å². The average molecular weight is 495 g/mol. The molecule has 0 radical (unpaired) electrons. The number of hydrogen-bond donors (Lipinski definition) is 1. The van der Waals surface area contributed by atoms with Crippen LogP contribution in [-0.4, -0.2) is 79.6 Å². The minimum absolute atomic E-state index is 0.133. The molecule has 8 heteroatoms. The van der Waals surface area contributed by atoms with E-state index in [2.05, 4.69) is 6.58 Å². The first-order chi connectivity index (χ1) is 15.8. The Labute approximate surface area is 208 Å². The van der Waals surface area contributed by atoms with E-state index in [0.29, 0.717) is 19.4 Å². The number of rotatable bonds is 9. The summed E-state index contributed by atoms with van der Waals surface area (Å²) in [5, 5.41) is 10.4. The van der Waals surface area contributed by atoms with E-state index < -0.39 is 39.0 Å². The maximum Gasteiger partial charge on any atom is 0.311 e. The Hall–Kier alpha value is -1.54. The Balaban J connectivity index is 2.17. The topological polar surface area (TPSA) is 87.2 Å². The van der Waals surface area contributed by atoms with E-state index in [-0.39, 0.29) is 36.9 Å². The van der Waals surface area contributed by atoms with Gasteiger partial charge in [0.1, 0.15) is 6.04 Å². The van der Waals surface area contributed by atoms with Gasteiger partial charge in [0.25, 0.3) is 0 Å². The van der Waals surface area contributed by atoms with Gasteiger partial charge in [0.05, 0.1) is 35.8 Å². The molecule has 2 unspecified atom stereocenters. The van der Waals surface area contributed by atoms with Crippen molar-refractivity contribution in [3.8, 4) is 0 Å². The highest BCUT2D eigenvalue weighted by molar-refractivity contribution is 8.02. The molecule has 3 heterocycles. The molecule has 0 aromatic rings. The third kappa shape index (κ3) is 4.19. The molecule has 1 spiro atoms. The number of hydrogen-bond acceptors (Lipinski definition) is 6. The zero-order chi connectivity index (χ0) is 25.6. The van der Waals surface area contributed by atoms with Gasteiger partial charge in [-0.25, -0.2) is 0 Å². The van der Waals surface area contributed by atoms with Gasteiger partial charge in [0, 0.05) is 16.8 Å². The summed E-state index contributed by atoms with van der Waals surface area (Å²) in [6, 6.07) is -1.23. The van der Waals surface area contributed by atoms with Gasteiger partial charge in [-0.15, -0.1) is 18.3 Å². The van der Waals surface area contributed by atoms with Crippen LogP contribution in [-0.2, 0) is 19.1 Å². The summed E-state index contributed by atoms with van der Waals surface area (Å²) in [7, 11) is 0. The zero-order valence-electron chi connectivity index (χ0n) is 21.8. The van der Waals surface area contributed by atoms with E-state index in [4.69, 9.17) is 4.74 Å². The fourth-order valence-corrected chi connectivity index (χ4v) is 8.74. The van der Waals surface area contributed by atoms with E-state index in [9.17, 15) is 19.5 Å². The number of carbonyl (C=O) groups excluding carboxylic acids is 3. The molecule has 2 bridgehead atoms. The van der Waals surface area contributed by atoms with Gasteiger partial charge in [-0.3, -0.25) is 14.4 Å². The molecule has 0 aliphatic carbocycles. The molecule has 192 valence electrons. The predicted octanol–water partition coefficient (Wildman–Crippen LogP) is 3.25. The summed E-state index contributed by atoms with van der Waals surface area (Å²) in [4.78, 5) is 45.1. The number of fused-ring (bicyclic) bond motifs is 1. The summed E-state index contributed by atoms with van der Waals surface area (Å²) in [5.41, 5.74) is -0.479. The number of carbonyl (C=O) groups is 3. The fraction of sp³-hybridized carbons (Fsp3) is 0.808. The summed E-state index contributed by atoms with van der Waals surface area (Å²) in [6.07, 6.45) is 3.71. The van der Waals surface area contributed by atoms with Crippen LogP contribution in [0.15, 0.2) is 12.7 Å². The van der Waals surface area contributed by atoms with E-state index in [0.717, 1.165) is 6.42 Å². The summed E-state index contributed by atoms with van der Waals surface area (Å²) in [5.74, 6) is -1.68. The Kier molecular flexibility index (Phi) is 7.55. The van der Waals surface area contributed by atoms with Crippen LogP contribution in [0.5, 0.6) is 0 Å². The number of amides is 2. The summed E-state index contributed by atoms with van der Waals surface area (Å²) >= 11 is 1.63.